The number of rotatable bonds is 7. The van der Waals surface area contributed by atoms with Crippen molar-refractivity contribution in [2.24, 2.45) is 5.73 Å². The maximum Gasteiger partial charge on any atom is 0.247 e. The maximum atomic E-state index is 12.4. The van der Waals surface area contributed by atoms with Crippen LogP contribution in [0.3, 0.4) is 0 Å². The fourth-order valence-electron chi connectivity index (χ4n) is 1.64. The van der Waals surface area contributed by atoms with Crippen LogP contribution in [0.25, 0.3) is 0 Å². The second kappa shape index (κ2) is 6.10. The van der Waals surface area contributed by atoms with Crippen LogP contribution in [0.2, 0.25) is 0 Å². The van der Waals surface area contributed by atoms with Crippen LogP contribution in [-0.2, 0) is 16.6 Å². The van der Waals surface area contributed by atoms with Gasteiger partial charge < -0.3 is 10.8 Å². The van der Waals surface area contributed by atoms with E-state index in [4.69, 9.17) is 10.8 Å². The molecule has 0 amide bonds. The first-order valence-electron chi connectivity index (χ1n) is 5.44. The van der Waals surface area contributed by atoms with Crippen molar-refractivity contribution in [1.82, 2.24) is 14.5 Å². The number of aromatic nitrogens is 2. The first kappa shape index (κ1) is 14.8. The predicted molar refractivity (Wildman–Crippen MR) is 67.3 cm³/mol. The molecule has 0 unspecified atom stereocenters. The van der Waals surface area contributed by atoms with Crippen LogP contribution in [0.15, 0.2) is 17.6 Å². The summed E-state index contributed by atoms with van der Waals surface area (Å²) in [5.74, 6) is 0. The van der Waals surface area contributed by atoms with Gasteiger partial charge in [0.1, 0.15) is 4.90 Å². The van der Waals surface area contributed by atoms with Crippen LogP contribution < -0.4 is 5.73 Å². The fraction of sp³-hybridized carbons (Fsp3) is 0.500. The number of nitrogens with zero attached hydrogens (tertiary/aromatic N) is 2. The molecule has 0 spiro atoms. The zero-order valence-electron chi connectivity index (χ0n) is 10.3. The Morgan fingerprint density at radius 3 is 2.78 bits per heavy atom. The molecule has 0 aromatic carbocycles. The van der Waals surface area contributed by atoms with E-state index >= 15 is 0 Å². The van der Waals surface area contributed by atoms with Gasteiger partial charge in [0.15, 0.2) is 0 Å². The average Bonchev–Trinajstić information content (AvgIpc) is 2.70. The topological polar surface area (TPSA) is 112 Å². The van der Waals surface area contributed by atoms with E-state index in [2.05, 4.69) is 16.8 Å². The molecule has 0 aliphatic carbocycles. The molecule has 0 saturated heterocycles. The highest BCUT2D eigenvalue weighted by molar-refractivity contribution is 7.89. The van der Waals surface area contributed by atoms with Gasteiger partial charge in [0.05, 0.1) is 18.0 Å². The third kappa shape index (κ3) is 2.78. The molecule has 0 fully saturated rings. The number of hydrogen-bond acceptors (Lipinski definition) is 5. The molecule has 0 aliphatic heterocycles. The lowest BCUT2D eigenvalue weighted by atomic mass is 10.4. The molecule has 0 atom stereocenters. The van der Waals surface area contributed by atoms with Crippen molar-refractivity contribution >= 4 is 10.0 Å². The van der Waals surface area contributed by atoms with Crippen LogP contribution in [0.5, 0.6) is 0 Å². The van der Waals surface area contributed by atoms with Gasteiger partial charge in [0, 0.05) is 19.6 Å². The molecule has 1 aromatic rings. The van der Waals surface area contributed by atoms with E-state index in [1.165, 1.54) is 6.08 Å². The number of aliphatic hydroxyl groups excluding tert-OH is 1. The molecule has 1 aromatic heterocycles. The Kier molecular flexibility index (Phi) is 5.03. The minimum Gasteiger partial charge on any atom is -0.395 e. The van der Waals surface area contributed by atoms with Crippen molar-refractivity contribution < 1.29 is 13.5 Å². The Morgan fingerprint density at radius 1 is 1.61 bits per heavy atom. The molecule has 0 radical (unpaired) electrons. The molecule has 1 rings (SSSR count). The third-order valence-electron chi connectivity index (χ3n) is 2.43. The summed E-state index contributed by atoms with van der Waals surface area (Å²) in [4.78, 5) is 0.0836. The Balaban J connectivity index is 3.25. The molecule has 1 heterocycles. The average molecular weight is 274 g/mol. The summed E-state index contributed by atoms with van der Waals surface area (Å²) >= 11 is 0. The first-order chi connectivity index (χ1) is 8.48. The van der Waals surface area contributed by atoms with Gasteiger partial charge in [0.25, 0.3) is 0 Å². The van der Waals surface area contributed by atoms with E-state index in [1.54, 1.807) is 6.92 Å². The monoisotopic (exact) mass is 274 g/mol. The summed E-state index contributed by atoms with van der Waals surface area (Å²) < 4.78 is 26.0. The predicted octanol–water partition coefficient (Wildman–Crippen LogP) is -0.654. The summed E-state index contributed by atoms with van der Waals surface area (Å²) in [7, 11) is -3.73. The Hall–Kier alpha value is -1.22. The fourth-order valence-corrected chi connectivity index (χ4v) is 3.39. The molecule has 0 saturated carbocycles. The normalized spacial score (nSPS) is 12.0. The Labute approximate surface area is 106 Å². The SMILES string of the molecule is C=CCN(CCO)S(=O)(=O)c1c(CN)n[nH]c1C. The van der Waals surface area contributed by atoms with Crippen molar-refractivity contribution in [3.05, 3.63) is 24.0 Å². The smallest absolute Gasteiger partial charge is 0.247 e. The standard InChI is InChI=1S/C10H18N4O3S/c1-3-4-14(5-6-15)18(16,17)10-8(2)12-13-9(10)7-11/h3,15H,1,4-7,11H2,2H3,(H,12,13). The molecular weight excluding hydrogens is 256 g/mol. The van der Waals surface area contributed by atoms with Gasteiger partial charge in [-0.25, -0.2) is 8.42 Å². The number of aryl methyl sites for hydroxylation is 1. The number of sulfonamides is 1. The van der Waals surface area contributed by atoms with Gasteiger partial charge >= 0.3 is 0 Å². The van der Waals surface area contributed by atoms with E-state index in [1.807, 2.05) is 0 Å². The summed E-state index contributed by atoms with van der Waals surface area (Å²) in [5.41, 5.74) is 6.20. The second-order valence-corrected chi connectivity index (χ2v) is 5.58. The van der Waals surface area contributed by atoms with E-state index < -0.39 is 10.0 Å². The number of aliphatic hydroxyl groups is 1. The molecule has 0 aliphatic rings. The molecule has 18 heavy (non-hydrogen) atoms. The number of hydrogen-bond donors (Lipinski definition) is 3. The van der Waals surface area contributed by atoms with Crippen molar-refractivity contribution in [1.29, 1.82) is 0 Å². The molecule has 0 bridgehead atoms. The summed E-state index contributed by atoms with van der Waals surface area (Å²) in [6.07, 6.45) is 1.46. The number of nitrogens with one attached hydrogen (secondary N) is 1. The van der Waals surface area contributed by atoms with Crippen LogP contribution in [-0.4, -0.2) is 47.7 Å². The van der Waals surface area contributed by atoms with Gasteiger partial charge in [-0.2, -0.15) is 9.40 Å². The molecule has 102 valence electrons. The Morgan fingerprint density at radius 2 is 2.28 bits per heavy atom. The lowest BCUT2D eigenvalue weighted by Crippen LogP contribution is -2.34. The maximum absolute atomic E-state index is 12.4. The van der Waals surface area contributed by atoms with Gasteiger partial charge in [0.2, 0.25) is 10.0 Å². The summed E-state index contributed by atoms with van der Waals surface area (Å²) in [6, 6.07) is 0. The minimum absolute atomic E-state index is 0.00296. The third-order valence-corrected chi connectivity index (χ3v) is 4.50. The molecule has 4 N–H and O–H groups in total. The van der Waals surface area contributed by atoms with Crippen LogP contribution in [0.1, 0.15) is 11.4 Å². The van der Waals surface area contributed by atoms with Crippen molar-refractivity contribution in [3.63, 3.8) is 0 Å². The van der Waals surface area contributed by atoms with E-state index in [-0.39, 0.29) is 31.1 Å². The van der Waals surface area contributed by atoms with Gasteiger partial charge in [-0.15, -0.1) is 6.58 Å². The quantitative estimate of drug-likeness (QED) is 0.572. The summed E-state index contributed by atoms with van der Waals surface area (Å²) in [6.45, 7) is 5.01. The lowest BCUT2D eigenvalue weighted by Gasteiger charge is -2.19. The zero-order chi connectivity index (χ0) is 13.8. The molecule has 7 nitrogen and oxygen atoms in total. The van der Waals surface area contributed by atoms with Gasteiger partial charge in [-0.3, -0.25) is 5.10 Å². The van der Waals surface area contributed by atoms with E-state index in [0.29, 0.717) is 11.4 Å². The van der Waals surface area contributed by atoms with Crippen LogP contribution in [0, 0.1) is 6.92 Å². The largest absolute Gasteiger partial charge is 0.395 e. The molecule has 8 heteroatoms. The van der Waals surface area contributed by atoms with Crippen LogP contribution in [0.4, 0.5) is 0 Å². The van der Waals surface area contributed by atoms with Crippen molar-refractivity contribution in [3.8, 4) is 0 Å². The van der Waals surface area contributed by atoms with Crippen molar-refractivity contribution in [2.45, 2.75) is 18.4 Å². The van der Waals surface area contributed by atoms with Gasteiger partial charge in [-0.05, 0) is 6.92 Å². The summed E-state index contributed by atoms with van der Waals surface area (Å²) in [5, 5.41) is 15.4. The highest BCUT2D eigenvalue weighted by Crippen LogP contribution is 2.21. The highest BCUT2D eigenvalue weighted by Gasteiger charge is 2.29. The number of nitrogens with two attached hydrogens (primary N) is 1. The minimum atomic E-state index is -3.73. The highest BCUT2D eigenvalue weighted by atomic mass is 32.2. The van der Waals surface area contributed by atoms with Crippen molar-refractivity contribution in [2.75, 3.05) is 19.7 Å². The first-order valence-corrected chi connectivity index (χ1v) is 6.88. The van der Waals surface area contributed by atoms with Gasteiger partial charge in [-0.1, -0.05) is 6.08 Å². The number of H-pyrrole nitrogens is 1. The lowest BCUT2D eigenvalue weighted by molar-refractivity contribution is 0.260. The zero-order valence-corrected chi connectivity index (χ0v) is 11.1. The molecular formula is C10H18N4O3S. The Bertz CT molecular complexity index is 509. The van der Waals surface area contributed by atoms with E-state index in [0.717, 1.165) is 4.31 Å². The van der Waals surface area contributed by atoms with Crippen LogP contribution >= 0.6 is 0 Å². The van der Waals surface area contributed by atoms with E-state index in [9.17, 15) is 8.42 Å². The number of aromatic amines is 1. The second-order valence-electron chi connectivity index (χ2n) is 3.70.